The van der Waals surface area contributed by atoms with Crippen molar-refractivity contribution in [2.75, 3.05) is 39.9 Å². The average molecular weight is 325 g/mol. The Labute approximate surface area is 134 Å². The third-order valence-corrected chi connectivity index (χ3v) is 4.80. The standard InChI is InChI=1S/C15H23N3O3S/c1-21-11-15(4-6-16-7-5-15)10-18-13(19)9-17-14(20)12-3-2-8-22-12/h2-3,8,16H,4-7,9-11H2,1H3,(H,17,20)(H,18,19). The Morgan fingerprint density at radius 2 is 2.14 bits per heavy atom. The molecule has 0 spiro atoms. The third-order valence-electron chi connectivity index (χ3n) is 3.93. The van der Waals surface area contributed by atoms with Crippen LogP contribution in [0.1, 0.15) is 22.5 Å². The third kappa shape index (κ3) is 4.79. The topological polar surface area (TPSA) is 79.5 Å². The number of methoxy groups -OCH3 is 1. The SMILES string of the molecule is COCC1(CNC(=O)CNC(=O)c2cccs2)CCNCC1. The number of hydrogen-bond acceptors (Lipinski definition) is 5. The Hall–Kier alpha value is -1.44. The van der Waals surface area contributed by atoms with E-state index in [1.165, 1.54) is 11.3 Å². The maximum Gasteiger partial charge on any atom is 0.261 e. The van der Waals surface area contributed by atoms with Crippen LogP contribution in [0.25, 0.3) is 0 Å². The molecule has 3 N–H and O–H groups in total. The van der Waals surface area contributed by atoms with Crippen LogP contribution in [-0.2, 0) is 9.53 Å². The minimum Gasteiger partial charge on any atom is -0.384 e. The molecule has 122 valence electrons. The van der Waals surface area contributed by atoms with E-state index < -0.39 is 0 Å². The number of ether oxygens (including phenoxy) is 1. The van der Waals surface area contributed by atoms with E-state index >= 15 is 0 Å². The van der Waals surface area contributed by atoms with E-state index in [2.05, 4.69) is 16.0 Å². The molecule has 2 heterocycles. The van der Waals surface area contributed by atoms with E-state index in [1.807, 2.05) is 11.4 Å². The average Bonchev–Trinajstić information content (AvgIpc) is 3.06. The second-order valence-electron chi connectivity index (χ2n) is 5.62. The van der Waals surface area contributed by atoms with Crippen molar-refractivity contribution in [1.82, 2.24) is 16.0 Å². The second kappa shape index (κ2) is 8.26. The summed E-state index contributed by atoms with van der Waals surface area (Å²) >= 11 is 1.36. The molecule has 0 saturated carbocycles. The summed E-state index contributed by atoms with van der Waals surface area (Å²) in [7, 11) is 1.69. The Bertz CT molecular complexity index is 479. The number of piperidine rings is 1. The van der Waals surface area contributed by atoms with Crippen molar-refractivity contribution in [3.05, 3.63) is 22.4 Å². The van der Waals surface area contributed by atoms with Gasteiger partial charge in [0.05, 0.1) is 18.0 Å². The molecule has 1 aliphatic rings. The lowest BCUT2D eigenvalue weighted by molar-refractivity contribution is -0.121. The Morgan fingerprint density at radius 3 is 2.77 bits per heavy atom. The fourth-order valence-electron chi connectivity index (χ4n) is 2.64. The molecule has 0 radical (unpaired) electrons. The highest BCUT2D eigenvalue weighted by Gasteiger charge is 2.32. The van der Waals surface area contributed by atoms with E-state index in [0.29, 0.717) is 18.0 Å². The van der Waals surface area contributed by atoms with Crippen molar-refractivity contribution in [1.29, 1.82) is 0 Å². The highest BCUT2D eigenvalue weighted by atomic mass is 32.1. The van der Waals surface area contributed by atoms with Crippen LogP contribution >= 0.6 is 11.3 Å². The summed E-state index contributed by atoms with van der Waals surface area (Å²) in [5.74, 6) is -0.377. The van der Waals surface area contributed by atoms with Crippen molar-refractivity contribution in [3.8, 4) is 0 Å². The lowest BCUT2D eigenvalue weighted by Gasteiger charge is -2.37. The Balaban J connectivity index is 1.75. The minimum atomic E-state index is -0.210. The quantitative estimate of drug-likeness (QED) is 0.686. The molecule has 1 aromatic rings. The van der Waals surface area contributed by atoms with Crippen molar-refractivity contribution >= 4 is 23.2 Å². The van der Waals surface area contributed by atoms with Gasteiger partial charge in [0.2, 0.25) is 5.91 Å². The molecule has 0 unspecified atom stereocenters. The molecule has 1 aromatic heterocycles. The first-order chi connectivity index (χ1) is 10.7. The summed E-state index contributed by atoms with van der Waals surface area (Å²) in [6.45, 7) is 3.09. The van der Waals surface area contributed by atoms with E-state index in [0.717, 1.165) is 25.9 Å². The first-order valence-corrected chi connectivity index (χ1v) is 8.31. The van der Waals surface area contributed by atoms with E-state index in [1.54, 1.807) is 13.2 Å². The van der Waals surface area contributed by atoms with Gasteiger partial charge in [0.1, 0.15) is 0 Å². The molecule has 6 nitrogen and oxygen atoms in total. The summed E-state index contributed by atoms with van der Waals surface area (Å²) in [6, 6.07) is 3.55. The first-order valence-electron chi connectivity index (χ1n) is 7.43. The van der Waals surface area contributed by atoms with Gasteiger partial charge in [-0.3, -0.25) is 9.59 Å². The van der Waals surface area contributed by atoms with Gasteiger partial charge in [0.25, 0.3) is 5.91 Å². The molecule has 0 aliphatic carbocycles. The normalized spacial score (nSPS) is 17.0. The van der Waals surface area contributed by atoms with Gasteiger partial charge in [0.15, 0.2) is 0 Å². The molecule has 2 rings (SSSR count). The monoisotopic (exact) mass is 325 g/mol. The summed E-state index contributed by atoms with van der Waals surface area (Å²) in [5, 5.41) is 10.7. The van der Waals surface area contributed by atoms with Crippen molar-refractivity contribution in [3.63, 3.8) is 0 Å². The molecule has 0 bridgehead atoms. The number of amides is 2. The van der Waals surface area contributed by atoms with Crippen molar-refractivity contribution in [2.24, 2.45) is 5.41 Å². The smallest absolute Gasteiger partial charge is 0.261 e. The second-order valence-corrected chi connectivity index (χ2v) is 6.57. The van der Waals surface area contributed by atoms with Gasteiger partial charge in [-0.2, -0.15) is 0 Å². The van der Waals surface area contributed by atoms with Crippen LogP contribution in [0.4, 0.5) is 0 Å². The van der Waals surface area contributed by atoms with E-state index in [-0.39, 0.29) is 23.8 Å². The lowest BCUT2D eigenvalue weighted by atomic mass is 9.79. The molecule has 0 aromatic carbocycles. The van der Waals surface area contributed by atoms with Crippen LogP contribution in [0.3, 0.4) is 0 Å². The van der Waals surface area contributed by atoms with Crippen LogP contribution < -0.4 is 16.0 Å². The minimum absolute atomic E-state index is 0.00194. The molecule has 7 heteroatoms. The zero-order valence-electron chi connectivity index (χ0n) is 12.8. The van der Waals surface area contributed by atoms with Crippen LogP contribution in [0.2, 0.25) is 0 Å². The molecule has 1 saturated heterocycles. The van der Waals surface area contributed by atoms with Gasteiger partial charge in [-0.1, -0.05) is 6.07 Å². The zero-order chi connectivity index (χ0) is 15.8. The predicted molar refractivity (Wildman–Crippen MR) is 86.1 cm³/mol. The number of carbonyl (C=O) groups excluding carboxylic acids is 2. The van der Waals surface area contributed by atoms with E-state index in [9.17, 15) is 9.59 Å². The molecule has 0 atom stereocenters. The highest BCUT2D eigenvalue weighted by molar-refractivity contribution is 7.12. The molecule has 1 aliphatic heterocycles. The van der Waals surface area contributed by atoms with Gasteiger partial charge in [-0.25, -0.2) is 0 Å². The fraction of sp³-hybridized carbons (Fsp3) is 0.600. The summed E-state index contributed by atoms with van der Waals surface area (Å²) in [4.78, 5) is 24.3. The number of hydrogen-bond donors (Lipinski definition) is 3. The summed E-state index contributed by atoms with van der Waals surface area (Å²) < 4.78 is 5.32. The molecular formula is C15H23N3O3S. The highest BCUT2D eigenvalue weighted by Crippen LogP contribution is 2.28. The van der Waals surface area contributed by atoms with Crippen LogP contribution in [0, 0.1) is 5.41 Å². The van der Waals surface area contributed by atoms with Crippen LogP contribution in [-0.4, -0.2) is 51.7 Å². The molecule has 2 amide bonds. The van der Waals surface area contributed by atoms with Gasteiger partial charge in [0, 0.05) is 19.1 Å². The zero-order valence-corrected chi connectivity index (χ0v) is 13.6. The van der Waals surface area contributed by atoms with Gasteiger partial charge in [-0.15, -0.1) is 11.3 Å². The van der Waals surface area contributed by atoms with Crippen LogP contribution in [0.5, 0.6) is 0 Å². The van der Waals surface area contributed by atoms with Crippen LogP contribution in [0.15, 0.2) is 17.5 Å². The number of thiophene rings is 1. The predicted octanol–water partition coefficient (Wildman–Crippen LogP) is 0.610. The van der Waals surface area contributed by atoms with Gasteiger partial charge < -0.3 is 20.7 Å². The number of rotatable bonds is 7. The summed E-state index contributed by atoms with van der Waals surface area (Å²) in [5.41, 5.74) is -0.00653. The maximum atomic E-state index is 11.9. The largest absolute Gasteiger partial charge is 0.384 e. The molecular weight excluding hydrogens is 302 g/mol. The Kier molecular flexibility index (Phi) is 6.35. The van der Waals surface area contributed by atoms with Crippen molar-refractivity contribution < 1.29 is 14.3 Å². The molecule has 1 fully saturated rings. The fourth-order valence-corrected chi connectivity index (χ4v) is 3.28. The number of carbonyl (C=O) groups is 2. The van der Waals surface area contributed by atoms with E-state index in [4.69, 9.17) is 4.74 Å². The molecule has 22 heavy (non-hydrogen) atoms. The lowest BCUT2D eigenvalue weighted by Crippen LogP contribution is -2.48. The first kappa shape index (κ1) is 16.9. The van der Waals surface area contributed by atoms with Crippen molar-refractivity contribution in [2.45, 2.75) is 12.8 Å². The maximum absolute atomic E-state index is 11.9. The van der Waals surface area contributed by atoms with Gasteiger partial charge >= 0.3 is 0 Å². The number of nitrogens with one attached hydrogen (secondary N) is 3. The van der Waals surface area contributed by atoms with Gasteiger partial charge in [-0.05, 0) is 37.4 Å². The summed E-state index contributed by atoms with van der Waals surface area (Å²) in [6.07, 6.45) is 1.95. The Morgan fingerprint density at radius 1 is 1.36 bits per heavy atom.